The molecule has 1 heterocycles. The zero-order valence-electron chi connectivity index (χ0n) is 15.0. The highest BCUT2D eigenvalue weighted by atomic mass is 127. The zero-order valence-corrected chi connectivity index (χ0v) is 18.1. The molecule has 4 nitrogen and oxygen atoms in total. The molecule has 0 bridgehead atoms. The van der Waals surface area contributed by atoms with Crippen LogP contribution in [0.3, 0.4) is 0 Å². The van der Waals surface area contributed by atoms with Gasteiger partial charge in [-0.05, 0) is 50.0 Å². The second kappa shape index (κ2) is 12.1. The van der Waals surface area contributed by atoms with E-state index in [-0.39, 0.29) is 24.0 Å². The lowest BCUT2D eigenvalue weighted by Gasteiger charge is -2.30. The molecule has 2 rings (SSSR count). The van der Waals surface area contributed by atoms with Gasteiger partial charge in [0.15, 0.2) is 5.96 Å². The summed E-state index contributed by atoms with van der Waals surface area (Å²) in [6.45, 7) is 8.51. The van der Waals surface area contributed by atoms with E-state index in [9.17, 15) is 0 Å². The van der Waals surface area contributed by atoms with Crippen molar-refractivity contribution < 1.29 is 4.74 Å². The quantitative estimate of drug-likeness (QED) is 0.246. The van der Waals surface area contributed by atoms with Crippen molar-refractivity contribution in [2.24, 2.45) is 10.4 Å². The standard InChI is InChI=1S/C18H31N3OS.HI/c1-3-19-17(20-14-16-8-7-13-23-16)21-15-18(9-5-6-10-18)11-12-22-4-2;/h7-8,13H,3-6,9-12,14-15H2,1-2H3,(H2,19,20,21);1H. The Morgan fingerprint density at radius 2 is 2.08 bits per heavy atom. The molecule has 0 radical (unpaired) electrons. The molecule has 1 saturated carbocycles. The van der Waals surface area contributed by atoms with Gasteiger partial charge in [0.25, 0.3) is 0 Å². The van der Waals surface area contributed by atoms with Crippen LogP contribution in [0.25, 0.3) is 0 Å². The lowest BCUT2D eigenvalue weighted by atomic mass is 9.83. The summed E-state index contributed by atoms with van der Waals surface area (Å²) in [5.74, 6) is 0.934. The van der Waals surface area contributed by atoms with Gasteiger partial charge in [-0.1, -0.05) is 18.9 Å². The maximum absolute atomic E-state index is 5.60. The average Bonchev–Trinajstić information content (AvgIpc) is 3.23. The summed E-state index contributed by atoms with van der Waals surface area (Å²) < 4.78 is 5.60. The largest absolute Gasteiger partial charge is 0.382 e. The normalized spacial score (nSPS) is 16.7. The Hall–Kier alpha value is -0.340. The van der Waals surface area contributed by atoms with E-state index in [0.717, 1.165) is 45.2 Å². The summed E-state index contributed by atoms with van der Waals surface area (Å²) in [5.41, 5.74) is 0.383. The number of rotatable bonds is 9. The van der Waals surface area contributed by atoms with Crippen molar-refractivity contribution in [1.82, 2.24) is 10.6 Å². The third kappa shape index (κ3) is 7.27. The number of guanidine groups is 1. The number of nitrogens with zero attached hydrogens (tertiary/aromatic N) is 1. The second-order valence-corrected chi connectivity index (χ2v) is 7.31. The van der Waals surface area contributed by atoms with E-state index in [1.165, 1.54) is 30.6 Å². The van der Waals surface area contributed by atoms with Crippen LogP contribution in [-0.2, 0) is 11.3 Å². The molecule has 0 amide bonds. The van der Waals surface area contributed by atoms with Crippen molar-refractivity contribution in [3.05, 3.63) is 22.4 Å². The molecular weight excluding hydrogens is 433 g/mol. The van der Waals surface area contributed by atoms with Crippen LogP contribution in [0.4, 0.5) is 0 Å². The summed E-state index contributed by atoms with van der Waals surface area (Å²) in [6, 6.07) is 4.22. The molecule has 0 aliphatic heterocycles. The fourth-order valence-corrected chi connectivity index (χ4v) is 3.87. The second-order valence-electron chi connectivity index (χ2n) is 6.28. The van der Waals surface area contributed by atoms with Crippen LogP contribution in [0.15, 0.2) is 22.5 Å². The first-order valence-corrected chi connectivity index (χ1v) is 9.78. The fraction of sp³-hybridized carbons (Fsp3) is 0.722. The first kappa shape index (κ1) is 21.7. The lowest BCUT2D eigenvalue weighted by molar-refractivity contribution is 0.105. The van der Waals surface area contributed by atoms with E-state index in [2.05, 4.69) is 42.0 Å². The predicted octanol–water partition coefficient (Wildman–Crippen LogP) is 4.41. The summed E-state index contributed by atoms with van der Waals surface area (Å²) in [7, 11) is 0. The molecule has 0 atom stereocenters. The van der Waals surface area contributed by atoms with Crippen LogP contribution in [0.1, 0.15) is 50.8 Å². The van der Waals surface area contributed by atoms with Crippen molar-refractivity contribution >= 4 is 41.3 Å². The number of aliphatic imine (C=N–C) groups is 1. The monoisotopic (exact) mass is 465 g/mol. The Labute approximate surface area is 167 Å². The summed E-state index contributed by atoms with van der Waals surface area (Å²) >= 11 is 1.76. The molecule has 1 aliphatic rings. The minimum atomic E-state index is 0. The first-order chi connectivity index (χ1) is 11.3. The van der Waals surface area contributed by atoms with Crippen molar-refractivity contribution in [2.45, 2.75) is 52.5 Å². The SMILES string of the molecule is CCNC(=NCc1cccs1)NCC1(CCOCC)CCCC1.I. The van der Waals surface area contributed by atoms with Crippen molar-refractivity contribution in [2.75, 3.05) is 26.3 Å². The van der Waals surface area contributed by atoms with Gasteiger partial charge < -0.3 is 15.4 Å². The van der Waals surface area contributed by atoms with Crippen LogP contribution in [-0.4, -0.2) is 32.3 Å². The van der Waals surface area contributed by atoms with E-state index in [4.69, 9.17) is 9.73 Å². The maximum Gasteiger partial charge on any atom is 0.191 e. The van der Waals surface area contributed by atoms with E-state index >= 15 is 0 Å². The van der Waals surface area contributed by atoms with Crippen LogP contribution in [0.5, 0.6) is 0 Å². The number of hydrogen-bond acceptors (Lipinski definition) is 3. The van der Waals surface area contributed by atoms with Gasteiger partial charge in [0.05, 0.1) is 6.54 Å². The summed E-state index contributed by atoms with van der Waals surface area (Å²) in [5, 5.41) is 9.05. The fourth-order valence-electron chi connectivity index (χ4n) is 3.25. The summed E-state index contributed by atoms with van der Waals surface area (Å²) in [6.07, 6.45) is 6.44. The smallest absolute Gasteiger partial charge is 0.191 e. The minimum absolute atomic E-state index is 0. The van der Waals surface area contributed by atoms with Gasteiger partial charge in [-0.3, -0.25) is 0 Å². The third-order valence-corrected chi connectivity index (χ3v) is 5.45. The van der Waals surface area contributed by atoms with Gasteiger partial charge in [-0.2, -0.15) is 0 Å². The van der Waals surface area contributed by atoms with Gasteiger partial charge >= 0.3 is 0 Å². The van der Waals surface area contributed by atoms with Gasteiger partial charge in [-0.25, -0.2) is 4.99 Å². The Morgan fingerprint density at radius 3 is 2.71 bits per heavy atom. The first-order valence-electron chi connectivity index (χ1n) is 8.90. The van der Waals surface area contributed by atoms with E-state index in [1.54, 1.807) is 11.3 Å². The molecule has 0 saturated heterocycles. The average molecular weight is 465 g/mol. The van der Waals surface area contributed by atoms with E-state index in [1.807, 2.05) is 0 Å². The molecule has 0 unspecified atom stereocenters. The molecule has 24 heavy (non-hydrogen) atoms. The molecule has 1 fully saturated rings. The number of hydrogen-bond donors (Lipinski definition) is 2. The third-order valence-electron chi connectivity index (χ3n) is 4.59. The molecular formula is C18H32IN3OS. The van der Waals surface area contributed by atoms with Gasteiger partial charge in [0, 0.05) is 31.2 Å². The van der Waals surface area contributed by atoms with Crippen LogP contribution < -0.4 is 10.6 Å². The van der Waals surface area contributed by atoms with Crippen molar-refractivity contribution in [1.29, 1.82) is 0 Å². The molecule has 1 aromatic heterocycles. The molecule has 0 spiro atoms. The highest BCUT2D eigenvalue weighted by Gasteiger charge is 2.33. The van der Waals surface area contributed by atoms with Crippen LogP contribution in [0, 0.1) is 5.41 Å². The van der Waals surface area contributed by atoms with Gasteiger partial charge in [-0.15, -0.1) is 35.3 Å². The van der Waals surface area contributed by atoms with Gasteiger partial charge in [0.2, 0.25) is 0 Å². The van der Waals surface area contributed by atoms with Crippen molar-refractivity contribution in [3.8, 4) is 0 Å². The lowest BCUT2D eigenvalue weighted by Crippen LogP contribution is -2.43. The highest BCUT2D eigenvalue weighted by Crippen LogP contribution is 2.40. The molecule has 1 aromatic rings. The number of ether oxygens (including phenoxy) is 1. The molecule has 1 aliphatic carbocycles. The zero-order chi connectivity index (χ0) is 16.4. The topological polar surface area (TPSA) is 45.7 Å². The predicted molar refractivity (Wildman–Crippen MR) is 115 cm³/mol. The Bertz CT molecular complexity index is 459. The summed E-state index contributed by atoms with van der Waals surface area (Å²) in [4.78, 5) is 6.02. The minimum Gasteiger partial charge on any atom is -0.382 e. The Morgan fingerprint density at radius 1 is 1.29 bits per heavy atom. The Balaban J connectivity index is 0.00000288. The van der Waals surface area contributed by atoms with Gasteiger partial charge in [0.1, 0.15) is 0 Å². The number of nitrogens with one attached hydrogen (secondary N) is 2. The van der Waals surface area contributed by atoms with E-state index < -0.39 is 0 Å². The molecule has 2 N–H and O–H groups in total. The maximum atomic E-state index is 5.60. The number of thiophene rings is 1. The molecule has 138 valence electrons. The Kier molecular flexibility index (Phi) is 10.9. The van der Waals surface area contributed by atoms with Crippen molar-refractivity contribution in [3.63, 3.8) is 0 Å². The molecule has 6 heteroatoms. The van der Waals surface area contributed by atoms with E-state index in [0.29, 0.717) is 5.41 Å². The number of halogens is 1. The van der Waals surface area contributed by atoms with Crippen LogP contribution >= 0.6 is 35.3 Å². The highest BCUT2D eigenvalue weighted by molar-refractivity contribution is 14.0. The molecule has 0 aromatic carbocycles. The van der Waals surface area contributed by atoms with Crippen LogP contribution in [0.2, 0.25) is 0 Å².